The number of halogens is 1. The zero-order chi connectivity index (χ0) is 13.2. The van der Waals surface area contributed by atoms with E-state index in [1.165, 1.54) is 4.73 Å². The molecule has 0 unspecified atom stereocenters. The monoisotopic (exact) mass is 276 g/mol. The van der Waals surface area contributed by atoms with Crippen LogP contribution >= 0.6 is 11.6 Å². The van der Waals surface area contributed by atoms with Crippen LogP contribution in [0.1, 0.15) is 24.5 Å². The molecular formula is C15H17ClN2O. The maximum Gasteiger partial charge on any atom is 0.0868 e. The molecule has 0 bridgehead atoms. The molecule has 1 aliphatic heterocycles. The first kappa shape index (κ1) is 12.6. The highest BCUT2D eigenvalue weighted by atomic mass is 35.5. The second-order valence-corrected chi connectivity index (χ2v) is 5.42. The molecule has 0 spiro atoms. The SMILES string of the molecule is On1c(-c2ccc(Cl)cc2)ccc1C1CCNCC1. The zero-order valence-electron chi connectivity index (χ0n) is 10.6. The maximum atomic E-state index is 10.4. The third-order valence-corrected chi connectivity index (χ3v) is 4.03. The van der Waals surface area contributed by atoms with Crippen LogP contribution < -0.4 is 5.32 Å². The summed E-state index contributed by atoms with van der Waals surface area (Å²) in [6.07, 6.45) is 2.15. The molecule has 2 N–H and O–H groups in total. The number of nitrogens with one attached hydrogen (secondary N) is 1. The van der Waals surface area contributed by atoms with Gasteiger partial charge in [-0.05, 0) is 50.2 Å². The van der Waals surface area contributed by atoms with Crippen LogP contribution in [-0.4, -0.2) is 23.0 Å². The summed E-state index contributed by atoms with van der Waals surface area (Å²) in [5.74, 6) is 0.437. The number of benzene rings is 1. The van der Waals surface area contributed by atoms with Crippen LogP contribution in [-0.2, 0) is 0 Å². The topological polar surface area (TPSA) is 37.2 Å². The Balaban J connectivity index is 1.91. The van der Waals surface area contributed by atoms with E-state index in [9.17, 15) is 5.21 Å². The second kappa shape index (κ2) is 5.27. The minimum Gasteiger partial charge on any atom is -0.428 e. The van der Waals surface area contributed by atoms with E-state index in [4.69, 9.17) is 11.6 Å². The van der Waals surface area contributed by atoms with Crippen molar-refractivity contribution >= 4 is 11.6 Å². The smallest absolute Gasteiger partial charge is 0.0868 e. The van der Waals surface area contributed by atoms with Gasteiger partial charge >= 0.3 is 0 Å². The lowest BCUT2D eigenvalue weighted by atomic mass is 9.95. The quantitative estimate of drug-likeness (QED) is 0.824. The van der Waals surface area contributed by atoms with E-state index in [2.05, 4.69) is 5.32 Å². The summed E-state index contributed by atoms with van der Waals surface area (Å²) in [5, 5.41) is 14.4. The van der Waals surface area contributed by atoms with Gasteiger partial charge in [-0.1, -0.05) is 23.7 Å². The van der Waals surface area contributed by atoms with Crippen molar-refractivity contribution in [2.24, 2.45) is 0 Å². The first-order valence-corrected chi connectivity index (χ1v) is 7.01. The molecule has 1 fully saturated rings. The summed E-state index contributed by atoms with van der Waals surface area (Å²) in [5.41, 5.74) is 2.81. The number of hydrogen-bond acceptors (Lipinski definition) is 2. The summed E-state index contributed by atoms with van der Waals surface area (Å²) in [4.78, 5) is 0. The van der Waals surface area contributed by atoms with Gasteiger partial charge in [0.05, 0.1) is 11.4 Å². The second-order valence-electron chi connectivity index (χ2n) is 4.99. The molecule has 0 aliphatic carbocycles. The summed E-state index contributed by atoms with van der Waals surface area (Å²) in [6.45, 7) is 2.04. The molecule has 2 aromatic rings. The van der Waals surface area contributed by atoms with E-state index >= 15 is 0 Å². The van der Waals surface area contributed by atoms with Gasteiger partial charge in [0.2, 0.25) is 0 Å². The Morgan fingerprint density at radius 2 is 1.74 bits per heavy atom. The van der Waals surface area contributed by atoms with Crippen molar-refractivity contribution in [1.82, 2.24) is 10.0 Å². The fraction of sp³-hybridized carbons (Fsp3) is 0.333. The normalized spacial score (nSPS) is 16.7. The first-order valence-electron chi connectivity index (χ1n) is 6.63. The minimum atomic E-state index is 0.437. The molecular weight excluding hydrogens is 260 g/mol. The van der Waals surface area contributed by atoms with Crippen LogP contribution in [0.3, 0.4) is 0 Å². The zero-order valence-corrected chi connectivity index (χ0v) is 11.4. The molecule has 1 saturated heterocycles. The number of nitrogens with zero attached hydrogens (tertiary/aromatic N) is 1. The lowest BCUT2D eigenvalue weighted by Gasteiger charge is -2.22. The highest BCUT2D eigenvalue weighted by molar-refractivity contribution is 6.30. The van der Waals surface area contributed by atoms with Crippen molar-refractivity contribution < 1.29 is 5.21 Å². The molecule has 3 rings (SSSR count). The van der Waals surface area contributed by atoms with E-state index < -0.39 is 0 Å². The Kier molecular flexibility index (Phi) is 3.49. The molecule has 0 saturated carbocycles. The van der Waals surface area contributed by atoms with E-state index in [0.717, 1.165) is 42.9 Å². The van der Waals surface area contributed by atoms with Gasteiger partial charge in [-0.2, -0.15) is 4.73 Å². The van der Waals surface area contributed by atoms with Crippen LogP contribution in [0, 0.1) is 0 Å². The maximum absolute atomic E-state index is 10.4. The van der Waals surface area contributed by atoms with E-state index in [1.54, 1.807) is 0 Å². The lowest BCUT2D eigenvalue weighted by molar-refractivity contribution is 0.175. The Bertz CT molecular complexity index is 556. The average Bonchev–Trinajstić information content (AvgIpc) is 2.83. The predicted octanol–water partition coefficient (Wildman–Crippen LogP) is 3.51. The molecule has 0 atom stereocenters. The molecule has 1 aromatic heterocycles. The largest absolute Gasteiger partial charge is 0.428 e. The Hall–Kier alpha value is -1.45. The number of aromatic nitrogens is 1. The van der Waals surface area contributed by atoms with Crippen molar-refractivity contribution in [3.05, 3.63) is 47.1 Å². The Morgan fingerprint density at radius 1 is 1.05 bits per heavy atom. The number of rotatable bonds is 2. The van der Waals surface area contributed by atoms with Gasteiger partial charge in [0.25, 0.3) is 0 Å². The number of piperidine rings is 1. The van der Waals surface area contributed by atoms with Crippen LogP contribution in [0.2, 0.25) is 5.02 Å². The summed E-state index contributed by atoms with van der Waals surface area (Å²) in [6, 6.07) is 11.5. The van der Waals surface area contributed by atoms with Crippen LogP contribution in [0.4, 0.5) is 0 Å². The summed E-state index contributed by atoms with van der Waals surface area (Å²) >= 11 is 5.89. The lowest BCUT2D eigenvalue weighted by Crippen LogP contribution is -2.27. The van der Waals surface area contributed by atoms with Crippen molar-refractivity contribution in [1.29, 1.82) is 0 Å². The number of hydrogen-bond donors (Lipinski definition) is 2. The average molecular weight is 277 g/mol. The standard InChI is InChI=1S/C15H17ClN2O/c16-13-3-1-11(2-4-13)14-5-6-15(18(14)19)12-7-9-17-10-8-12/h1-6,12,17,19H,7-10H2. The van der Waals surface area contributed by atoms with Gasteiger partial charge in [-0.3, -0.25) is 0 Å². The van der Waals surface area contributed by atoms with Crippen molar-refractivity contribution in [3.8, 4) is 11.3 Å². The molecule has 100 valence electrons. The van der Waals surface area contributed by atoms with Gasteiger partial charge in [0.15, 0.2) is 0 Å². The van der Waals surface area contributed by atoms with Gasteiger partial charge in [-0.15, -0.1) is 0 Å². The molecule has 1 aromatic carbocycles. The van der Waals surface area contributed by atoms with Crippen molar-refractivity contribution in [3.63, 3.8) is 0 Å². The molecule has 19 heavy (non-hydrogen) atoms. The molecule has 0 amide bonds. The molecule has 3 nitrogen and oxygen atoms in total. The third kappa shape index (κ3) is 2.48. The van der Waals surface area contributed by atoms with Crippen LogP contribution in [0.15, 0.2) is 36.4 Å². The molecule has 4 heteroatoms. The van der Waals surface area contributed by atoms with Gasteiger partial charge in [-0.25, -0.2) is 0 Å². The molecule has 2 heterocycles. The minimum absolute atomic E-state index is 0.437. The Morgan fingerprint density at radius 3 is 2.42 bits per heavy atom. The van der Waals surface area contributed by atoms with Crippen LogP contribution in [0.25, 0.3) is 11.3 Å². The van der Waals surface area contributed by atoms with Gasteiger partial charge < -0.3 is 10.5 Å². The van der Waals surface area contributed by atoms with Crippen molar-refractivity contribution in [2.75, 3.05) is 13.1 Å². The summed E-state index contributed by atoms with van der Waals surface area (Å²) < 4.78 is 1.33. The summed E-state index contributed by atoms with van der Waals surface area (Å²) in [7, 11) is 0. The van der Waals surface area contributed by atoms with E-state index in [-0.39, 0.29) is 0 Å². The molecule has 1 aliphatic rings. The highest BCUT2D eigenvalue weighted by Gasteiger charge is 2.20. The van der Waals surface area contributed by atoms with E-state index in [1.807, 2.05) is 36.4 Å². The van der Waals surface area contributed by atoms with Gasteiger partial charge in [0.1, 0.15) is 0 Å². The van der Waals surface area contributed by atoms with Crippen molar-refractivity contribution in [2.45, 2.75) is 18.8 Å². The van der Waals surface area contributed by atoms with Gasteiger partial charge in [0, 0.05) is 16.5 Å². The van der Waals surface area contributed by atoms with Crippen LogP contribution in [0.5, 0.6) is 0 Å². The first-order chi connectivity index (χ1) is 9.25. The fourth-order valence-corrected chi connectivity index (χ4v) is 2.84. The fourth-order valence-electron chi connectivity index (χ4n) is 2.71. The van der Waals surface area contributed by atoms with E-state index in [0.29, 0.717) is 10.9 Å². The molecule has 0 radical (unpaired) electrons. The Labute approximate surface area is 117 Å². The highest BCUT2D eigenvalue weighted by Crippen LogP contribution is 2.30. The predicted molar refractivity (Wildman–Crippen MR) is 76.9 cm³/mol. The third-order valence-electron chi connectivity index (χ3n) is 3.78.